The summed E-state index contributed by atoms with van der Waals surface area (Å²) >= 11 is 6.06. The molecule has 3 aromatic heterocycles. The molecule has 0 aliphatic heterocycles. The van der Waals surface area contributed by atoms with E-state index in [-0.39, 0.29) is 16.4 Å². The number of rotatable bonds is 8. The molecular weight excluding hydrogens is 581 g/mol. The summed E-state index contributed by atoms with van der Waals surface area (Å²) in [5.41, 5.74) is 9.39. The molecule has 13 heteroatoms. The second-order valence-corrected chi connectivity index (χ2v) is 9.81. The van der Waals surface area contributed by atoms with Gasteiger partial charge in [-0.1, -0.05) is 48.5 Å². The largest absolute Gasteiger partial charge is 0.435 e. The molecule has 5 rings (SSSR count). The van der Waals surface area contributed by atoms with Gasteiger partial charge in [-0.2, -0.15) is 18.3 Å². The third-order valence-corrected chi connectivity index (χ3v) is 6.61. The van der Waals surface area contributed by atoms with Crippen LogP contribution >= 0.6 is 11.6 Å². The first-order valence-corrected chi connectivity index (χ1v) is 13.3. The quantitative estimate of drug-likeness (QED) is 0.174. The van der Waals surface area contributed by atoms with Gasteiger partial charge in [-0.3, -0.25) is 0 Å². The van der Waals surface area contributed by atoms with Gasteiger partial charge < -0.3 is 16.4 Å². The van der Waals surface area contributed by atoms with Crippen LogP contribution in [0.2, 0.25) is 5.02 Å². The number of carbonyl (C=O) groups excluding carboxylic acids is 1. The number of hydrogen-bond donors (Lipinski definition) is 3. The first-order valence-electron chi connectivity index (χ1n) is 12.9. The average Bonchev–Trinajstić information content (AvgIpc) is 3.49. The minimum Gasteiger partial charge on any atom is -0.383 e. The van der Waals surface area contributed by atoms with E-state index in [4.69, 9.17) is 17.3 Å². The molecule has 0 aliphatic rings. The van der Waals surface area contributed by atoms with E-state index in [9.17, 15) is 18.0 Å². The number of nitrogens with two attached hydrogens (primary N) is 1. The summed E-state index contributed by atoms with van der Waals surface area (Å²) in [5, 5.41) is 9.02. The third-order valence-electron chi connectivity index (χ3n) is 6.37. The van der Waals surface area contributed by atoms with Crippen molar-refractivity contribution in [1.29, 1.82) is 0 Å². The molecular formula is C30H24ClF3N8O. The Labute approximate surface area is 249 Å². The van der Waals surface area contributed by atoms with Gasteiger partial charge in [0.1, 0.15) is 11.6 Å². The Balaban J connectivity index is 1.19. The number of nitrogens with one attached hydrogen (secondary N) is 2. The van der Waals surface area contributed by atoms with E-state index in [1.165, 1.54) is 30.6 Å². The molecule has 0 radical (unpaired) electrons. The number of carbonyl (C=O) groups is 1. The van der Waals surface area contributed by atoms with Crippen LogP contribution in [0.1, 0.15) is 22.6 Å². The summed E-state index contributed by atoms with van der Waals surface area (Å²) in [5.74, 6) is 1.03. The van der Waals surface area contributed by atoms with Gasteiger partial charge in [0.15, 0.2) is 5.69 Å². The van der Waals surface area contributed by atoms with Crippen LogP contribution in [0.5, 0.6) is 0 Å². The molecule has 218 valence electrons. The van der Waals surface area contributed by atoms with Crippen LogP contribution in [0.3, 0.4) is 0 Å². The highest BCUT2D eigenvalue weighted by Gasteiger charge is 2.33. The number of alkyl halides is 3. The predicted octanol–water partition coefficient (Wildman–Crippen LogP) is 7.05. The number of nitrogen functional groups attached to an aromatic ring is 1. The van der Waals surface area contributed by atoms with Crippen LogP contribution in [-0.4, -0.2) is 30.8 Å². The van der Waals surface area contributed by atoms with Gasteiger partial charge >= 0.3 is 12.2 Å². The third kappa shape index (κ3) is 7.16. The molecule has 2 amide bonds. The lowest BCUT2D eigenvalue weighted by atomic mass is 10.0. The number of pyridine rings is 1. The zero-order valence-electron chi connectivity index (χ0n) is 22.4. The van der Waals surface area contributed by atoms with Crippen LogP contribution in [-0.2, 0) is 19.0 Å². The van der Waals surface area contributed by atoms with Crippen molar-refractivity contribution in [3.05, 3.63) is 114 Å². The molecule has 2 aromatic carbocycles. The highest BCUT2D eigenvalue weighted by Crippen LogP contribution is 2.30. The average molecular weight is 605 g/mol. The lowest BCUT2D eigenvalue weighted by Crippen LogP contribution is -2.21. The fourth-order valence-electron chi connectivity index (χ4n) is 4.19. The number of benzene rings is 2. The number of nitrogens with zero attached hydrogens (tertiary/aromatic N) is 5. The lowest BCUT2D eigenvalue weighted by molar-refractivity contribution is -0.141. The normalized spacial score (nSPS) is 11.3. The molecule has 9 nitrogen and oxygen atoms in total. The van der Waals surface area contributed by atoms with Crippen molar-refractivity contribution >= 4 is 40.9 Å². The summed E-state index contributed by atoms with van der Waals surface area (Å²) < 4.78 is 40.0. The minimum atomic E-state index is -4.61. The van der Waals surface area contributed by atoms with Gasteiger partial charge in [0.05, 0.1) is 29.5 Å². The standard InChI is InChI=1S/C30H24ClF3N8O/c1-2-18-13-23(28(35)38-15-18)20-6-3-19(4-7-20)5-10-27-36-16-22(17-37-27)39-29(43)40-24-14-21(31)8-9-25(24)42-12-11-26(41-42)30(32,33)34/h2-4,6-9,11-17H,1,5,10H2,(H2,35,38)(H2,39,40,43). The number of anilines is 3. The van der Waals surface area contributed by atoms with Gasteiger partial charge in [0.25, 0.3) is 0 Å². The second kappa shape index (κ2) is 12.3. The molecule has 0 unspecified atom stereocenters. The molecule has 0 fully saturated rings. The lowest BCUT2D eigenvalue weighted by Gasteiger charge is -2.13. The van der Waals surface area contributed by atoms with E-state index < -0.39 is 17.9 Å². The minimum absolute atomic E-state index is 0.151. The molecule has 0 atom stereocenters. The van der Waals surface area contributed by atoms with E-state index in [0.717, 1.165) is 39.2 Å². The van der Waals surface area contributed by atoms with Crippen LogP contribution in [0.25, 0.3) is 22.9 Å². The molecule has 0 spiro atoms. The zero-order chi connectivity index (χ0) is 30.6. The molecule has 5 aromatic rings. The Morgan fingerprint density at radius 1 is 0.977 bits per heavy atom. The first-order chi connectivity index (χ1) is 20.6. The molecule has 3 heterocycles. The molecule has 4 N–H and O–H groups in total. The maximum atomic E-state index is 13.0. The first kappa shape index (κ1) is 29.3. The number of halogens is 4. The molecule has 0 aliphatic carbocycles. The summed E-state index contributed by atoms with van der Waals surface area (Å²) in [6.07, 6.45) is 4.12. The van der Waals surface area contributed by atoms with Gasteiger partial charge in [-0.25, -0.2) is 24.4 Å². The maximum Gasteiger partial charge on any atom is 0.435 e. The van der Waals surface area contributed by atoms with Crippen molar-refractivity contribution < 1.29 is 18.0 Å². The zero-order valence-corrected chi connectivity index (χ0v) is 23.2. The number of aryl methyl sites for hydroxylation is 2. The van der Waals surface area contributed by atoms with E-state index in [1.807, 2.05) is 30.3 Å². The Kier molecular flexibility index (Phi) is 8.39. The molecule has 0 saturated heterocycles. The SMILES string of the molecule is C=Cc1cnc(N)c(-c2ccc(CCc3ncc(NC(=O)Nc4cc(Cl)ccc4-n4ccc(C(F)(F)F)n4)cn3)cc2)c1. The van der Waals surface area contributed by atoms with E-state index >= 15 is 0 Å². The fourth-order valence-corrected chi connectivity index (χ4v) is 4.36. The van der Waals surface area contributed by atoms with Crippen LogP contribution in [0.15, 0.2) is 86.0 Å². The molecule has 43 heavy (non-hydrogen) atoms. The Hall–Kier alpha value is -5.23. The molecule has 0 saturated carbocycles. The topological polar surface area (TPSA) is 124 Å². The van der Waals surface area contributed by atoms with Crippen LogP contribution in [0.4, 0.5) is 35.2 Å². The van der Waals surface area contributed by atoms with Crippen molar-refractivity contribution in [1.82, 2.24) is 24.7 Å². The van der Waals surface area contributed by atoms with Crippen LogP contribution < -0.4 is 16.4 Å². The van der Waals surface area contributed by atoms with Crippen molar-refractivity contribution in [3.63, 3.8) is 0 Å². The van der Waals surface area contributed by atoms with E-state index in [2.05, 4.69) is 37.3 Å². The van der Waals surface area contributed by atoms with Crippen molar-refractivity contribution in [2.45, 2.75) is 19.0 Å². The summed E-state index contributed by atoms with van der Waals surface area (Å²) in [6.45, 7) is 3.77. The second-order valence-electron chi connectivity index (χ2n) is 9.37. The number of amides is 2. The number of urea groups is 1. The smallest absolute Gasteiger partial charge is 0.383 e. The summed E-state index contributed by atoms with van der Waals surface area (Å²) in [7, 11) is 0. The van der Waals surface area contributed by atoms with Crippen molar-refractivity contribution in [3.8, 4) is 16.8 Å². The van der Waals surface area contributed by atoms with Gasteiger partial charge in [-0.15, -0.1) is 0 Å². The summed E-state index contributed by atoms with van der Waals surface area (Å²) in [6, 6.07) is 14.4. The Bertz CT molecular complexity index is 1770. The van der Waals surface area contributed by atoms with Gasteiger partial charge in [0, 0.05) is 29.4 Å². The number of aromatic nitrogens is 5. The van der Waals surface area contributed by atoms with E-state index in [0.29, 0.717) is 30.2 Å². The fraction of sp³-hybridized carbons (Fsp3) is 0.100. The van der Waals surface area contributed by atoms with Crippen LogP contribution in [0, 0.1) is 0 Å². The van der Waals surface area contributed by atoms with Crippen molar-refractivity contribution in [2.75, 3.05) is 16.4 Å². The van der Waals surface area contributed by atoms with Gasteiger partial charge in [-0.05, 0) is 53.4 Å². The highest BCUT2D eigenvalue weighted by molar-refractivity contribution is 6.31. The molecule has 0 bridgehead atoms. The summed E-state index contributed by atoms with van der Waals surface area (Å²) in [4.78, 5) is 25.5. The van der Waals surface area contributed by atoms with Crippen molar-refractivity contribution in [2.24, 2.45) is 0 Å². The number of hydrogen-bond acceptors (Lipinski definition) is 6. The Morgan fingerprint density at radius 2 is 1.72 bits per heavy atom. The monoisotopic (exact) mass is 604 g/mol. The van der Waals surface area contributed by atoms with E-state index in [1.54, 1.807) is 12.3 Å². The maximum absolute atomic E-state index is 13.0. The predicted molar refractivity (Wildman–Crippen MR) is 160 cm³/mol. The van der Waals surface area contributed by atoms with Gasteiger partial charge in [0.2, 0.25) is 0 Å². The highest BCUT2D eigenvalue weighted by atomic mass is 35.5. The Morgan fingerprint density at radius 3 is 2.40 bits per heavy atom.